The van der Waals surface area contributed by atoms with Gasteiger partial charge in [0.25, 0.3) is 5.91 Å². The van der Waals surface area contributed by atoms with E-state index < -0.39 is 16.1 Å². The third-order valence-corrected chi connectivity index (χ3v) is 8.49. The molecular formula is C28H30ClN3O4S. The normalized spacial score (nSPS) is 16.2. The Kier molecular flexibility index (Phi) is 8.97. The molecule has 3 aromatic rings. The fourth-order valence-corrected chi connectivity index (χ4v) is 6.04. The average Bonchev–Trinajstić information content (AvgIpc) is 3.12. The van der Waals surface area contributed by atoms with Crippen molar-refractivity contribution in [3.05, 3.63) is 101 Å². The lowest BCUT2D eigenvalue weighted by atomic mass is 10.1. The van der Waals surface area contributed by atoms with Crippen molar-refractivity contribution in [2.45, 2.75) is 43.2 Å². The Labute approximate surface area is 222 Å². The summed E-state index contributed by atoms with van der Waals surface area (Å²) in [6.07, 6.45) is 2.69. The van der Waals surface area contributed by atoms with Gasteiger partial charge in [0.1, 0.15) is 6.04 Å². The summed E-state index contributed by atoms with van der Waals surface area (Å²) in [6, 6.07) is 21.8. The standard InChI is InChI=1S/C28H30ClN3O4S/c29-24-13-15-25(16-14-24)37(35,36)32(26-8-4-5-18-30-28(26)34)20-22-9-11-23(12-10-22)27(33)31-19-17-21-6-2-1-3-7-21/h1-3,6-7,9-16,26H,4-5,8,17-20H2,(H,30,34)(H,31,33)/t26-/m1/s1. The second-order valence-electron chi connectivity index (χ2n) is 9.00. The van der Waals surface area contributed by atoms with Gasteiger partial charge >= 0.3 is 0 Å². The van der Waals surface area contributed by atoms with Crippen molar-refractivity contribution in [3.8, 4) is 0 Å². The fraction of sp³-hybridized carbons (Fsp3) is 0.286. The number of nitrogens with one attached hydrogen (secondary N) is 2. The maximum Gasteiger partial charge on any atom is 0.251 e. The number of halogens is 1. The molecule has 1 atom stereocenters. The molecule has 9 heteroatoms. The molecule has 0 radical (unpaired) electrons. The zero-order valence-corrected chi connectivity index (χ0v) is 22.0. The first-order valence-corrected chi connectivity index (χ1v) is 14.1. The number of sulfonamides is 1. The van der Waals surface area contributed by atoms with Gasteiger partial charge in [0.05, 0.1) is 4.90 Å². The van der Waals surface area contributed by atoms with Gasteiger partial charge in [-0.05, 0) is 73.2 Å². The molecule has 37 heavy (non-hydrogen) atoms. The molecular weight excluding hydrogens is 510 g/mol. The highest BCUT2D eigenvalue weighted by molar-refractivity contribution is 7.89. The summed E-state index contributed by atoms with van der Waals surface area (Å²) in [5.74, 6) is -0.499. The summed E-state index contributed by atoms with van der Waals surface area (Å²) < 4.78 is 28.6. The van der Waals surface area contributed by atoms with E-state index in [1.807, 2.05) is 30.3 Å². The summed E-state index contributed by atoms with van der Waals surface area (Å²) in [6.45, 7) is 1.03. The Morgan fingerprint density at radius 2 is 1.65 bits per heavy atom. The highest BCUT2D eigenvalue weighted by Crippen LogP contribution is 2.26. The third kappa shape index (κ3) is 6.97. The van der Waals surface area contributed by atoms with Crippen LogP contribution in [0.25, 0.3) is 0 Å². The van der Waals surface area contributed by atoms with E-state index in [-0.39, 0.29) is 23.3 Å². The van der Waals surface area contributed by atoms with Crippen LogP contribution in [-0.4, -0.2) is 43.7 Å². The van der Waals surface area contributed by atoms with Crippen molar-refractivity contribution in [1.29, 1.82) is 0 Å². The van der Waals surface area contributed by atoms with Crippen LogP contribution in [0.15, 0.2) is 83.8 Å². The predicted molar refractivity (Wildman–Crippen MR) is 144 cm³/mol. The maximum atomic E-state index is 13.7. The summed E-state index contributed by atoms with van der Waals surface area (Å²) in [4.78, 5) is 25.5. The highest BCUT2D eigenvalue weighted by Gasteiger charge is 2.36. The Balaban J connectivity index is 1.50. The molecule has 1 aliphatic heterocycles. The van der Waals surface area contributed by atoms with Gasteiger partial charge in [-0.25, -0.2) is 8.42 Å². The first-order valence-electron chi connectivity index (χ1n) is 12.3. The zero-order chi connectivity index (χ0) is 26.3. The second-order valence-corrected chi connectivity index (χ2v) is 11.3. The number of nitrogens with zero attached hydrogens (tertiary/aromatic N) is 1. The molecule has 1 aliphatic rings. The van der Waals surface area contributed by atoms with Crippen LogP contribution >= 0.6 is 11.6 Å². The van der Waals surface area contributed by atoms with E-state index in [1.54, 1.807) is 24.3 Å². The summed E-state index contributed by atoms with van der Waals surface area (Å²) in [5, 5.41) is 6.17. The molecule has 3 aromatic carbocycles. The van der Waals surface area contributed by atoms with E-state index in [1.165, 1.54) is 28.6 Å². The topological polar surface area (TPSA) is 95.6 Å². The van der Waals surface area contributed by atoms with Gasteiger partial charge in [-0.2, -0.15) is 4.31 Å². The lowest BCUT2D eigenvalue weighted by Gasteiger charge is -2.29. The Morgan fingerprint density at radius 1 is 0.946 bits per heavy atom. The van der Waals surface area contributed by atoms with Crippen LogP contribution < -0.4 is 10.6 Å². The van der Waals surface area contributed by atoms with Crippen LogP contribution in [-0.2, 0) is 27.8 Å². The Bertz CT molecular complexity index is 1310. The smallest absolute Gasteiger partial charge is 0.251 e. The van der Waals surface area contributed by atoms with Crippen molar-refractivity contribution in [2.24, 2.45) is 0 Å². The monoisotopic (exact) mass is 539 g/mol. The van der Waals surface area contributed by atoms with Crippen LogP contribution in [0, 0.1) is 0 Å². The molecule has 0 aliphatic carbocycles. The van der Waals surface area contributed by atoms with E-state index >= 15 is 0 Å². The first kappa shape index (κ1) is 26.9. The van der Waals surface area contributed by atoms with Crippen molar-refractivity contribution >= 4 is 33.4 Å². The molecule has 1 heterocycles. The summed E-state index contributed by atoms with van der Waals surface area (Å²) >= 11 is 5.96. The first-order chi connectivity index (χ1) is 17.8. The van der Waals surface area contributed by atoms with Gasteiger partial charge < -0.3 is 10.6 Å². The van der Waals surface area contributed by atoms with Crippen LogP contribution in [0.3, 0.4) is 0 Å². The van der Waals surface area contributed by atoms with Crippen molar-refractivity contribution < 1.29 is 18.0 Å². The van der Waals surface area contributed by atoms with Crippen LogP contribution in [0.5, 0.6) is 0 Å². The van der Waals surface area contributed by atoms with Gasteiger partial charge in [-0.1, -0.05) is 54.1 Å². The SMILES string of the molecule is O=C(NCCc1ccccc1)c1ccc(CN([C@@H]2CCCCNC2=O)S(=O)(=O)c2ccc(Cl)cc2)cc1. The molecule has 0 bridgehead atoms. The van der Waals surface area contributed by atoms with Crippen LogP contribution in [0.4, 0.5) is 0 Å². The largest absolute Gasteiger partial charge is 0.355 e. The van der Waals surface area contributed by atoms with E-state index in [2.05, 4.69) is 10.6 Å². The van der Waals surface area contributed by atoms with Crippen LogP contribution in [0.2, 0.25) is 5.02 Å². The number of carbonyl (C=O) groups is 2. The Hall–Kier alpha value is -3.20. The molecule has 0 unspecified atom stereocenters. The van der Waals surface area contributed by atoms with Gasteiger partial charge in [0.15, 0.2) is 0 Å². The number of carbonyl (C=O) groups excluding carboxylic acids is 2. The molecule has 7 nitrogen and oxygen atoms in total. The second kappa shape index (κ2) is 12.4. The maximum absolute atomic E-state index is 13.7. The molecule has 2 amide bonds. The fourth-order valence-electron chi connectivity index (χ4n) is 4.31. The molecule has 2 N–H and O–H groups in total. The highest BCUT2D eigenvalue weighted by atomic mass is 35.5. The molecule has 0 aromatic heterocycles. The number of rotatable bonds is 9. The summed E-state index contributed by atoms with van der Waals surface area (Å²) in [7, 11) is -4.00. The van der Waals surface area contributed by atoms with Crippen molar-refractivity contribution in [3.63, 3.8) is 0 Å². The summed E-state index contributed by atoms with van der Waals surface area (Å²) in [5.41, 5.74) is 2.30. The molecule has 194 valence electrons. The molecule has 1 fully saturated rings. The number of hydrogen-bond acceptors (Lipinski definition) is 4. The van der Waals surface area contributed by atoms with Gasteiger partial charge in [0, 0.05) is 30.2 Å². The molecule has 0 saturated carbocycles. The molecule has 4 rings (SSSR count). The minimum atomic E-state index is -4.00. The van der Waals surface area contributed by atoms with Gasteiger partial charge in [0.2, 0.25) is 15.9 Å². The van der Waals surface area contributed by atoms with Crippen molar-refractivity contribution in [1.82, 2.24) is 14.9 Å². The van der Waals surface area contributed by atoms with Crippen molar-refractivity contribution in [2.75, 3.05) is 13.1 Å². The third-order valence-electron chi connectivity index (χ3n) is 6.37. The van der Waals surface area contributed by atoms with Crippen LogP contribution in [0.1, 0.15) is 40.7 Å². The van der Waals surface area contributed by atoms with E-state index in [4.69, 9.17) is 11.6 Å². The predicted octanol–water partition coefficient (Wildman–Crippen LogP) is 4.17. The quantitative estimate of drug-likeness (QED) is 0.426. The number of amides is 2. The van der Waals surface area contributed by atoms with E-state index in [0.29, 0.717) is 35.7 Å². The molecule has 0 spiro atoms. The lowest BCUT2D eigenvalue weighted by Crippen LogP contribution is -2.48. The Morgan fingerprint density at radius 3 is 2.35 bits per heavy atom. The average molecular weight is 540 g/mol. The van der Waals surface area contributed by atoms with Gasteiger partial charge in [-0.15, -0.1) is 0 Å². The minimum Gasteiger partial charge on any atom is -0.355 e. The van der Waals surface area contributed by atoms with E-state index in [9.17, 15) is 18.0 Å². The zero-order valence-electron chi connectivity index (χ0n) is 20.4. The number of hydrogen-bond donors (Lipinski definition) is 2. The van der Waals surface area contributed by atoms with Gasteiger partial charge in [-0.3, -0.25) is 9.59 Å². The molecule has 1 saturated heterocycles. The minimum absolute atomic E-state index is 0.00104. The lowest BCUT2D eigenvalue weighted by molar-refractivity contribution is -0.124. The number of benzene rings is 3. The van der Waals surface area contributed by atoms with E-state index in [0.717, 1.165) is 24.8 Å².